The van der Waals surface area contributed by atoms with E-state index in [4.69, 9.17) is 5.11 Å². The zero-order chi connectivity index (χ0) is 11.3. The quantitative estimate of drug-likeness (QED) is 0.634. The number of carbonyl (C=O) groups excluding carboxylic acids is 2. The maximum absolute atomic E-state index is 11.6. The molecule has 2 N–H and O–H groups in total. The van der Waals surface area contributed by atoms with Gasteiger partial charge in [-0.1, -0.05) is 0 Å². The molecule has 0 bridgehead atoms. The minimum absolute atomic E-state index is 0.0475. The van der Waals surface area contributed by atoms with Crippen molar-refractivity contribution in [1.29, 1.82) is 0 Å². The Morgan fingerprint density at radius 2 is 2.40 bits per heavy atom. The van der Waals surface area contributed by atoms with Crippen molar-refractivity contribution in [2.75, 3.05) is 25.2 Å². The molecule has 0 spiro atoms. The van der Waals surface area contributed by atoms with E-state index < -0.39 is 18.6 Å². The van der Waals surface area contributed by atoms with Crippen molar-refractivity contribution in [2.45, 2.75) is 12.5 Å². The Morgan fingerprint density at radius 1 is 1.67 bits per heavy atom. The van der Waals surface area contributed by atoms with Crippen LogP contribution < -0.4 is 5.32 Å². The van der Waals surface area contributed by atoms with Crippen LogP contribution in [0, 0.1) is 5.92 Å². The number of nitrogens with one attached hydrogen (secondary N) is 1. The van der Waals surface area contributed by atoms with Crippen LogP contribution in [0.25, 0.3) is 0 Å². The molecular weight excluding hydrogens is 218 g/mol. The third-order valence-corrected chi connectivity index (χ3v) is 3.45. The average molecular weight is 233 g/mol. The van der Waals surface area contributed by atoms with Gasteiger partial charge in [0.15, 0.2) is 6.04 Å². The van der Waals surface area contributed by atoms with Crippen LogP contribution in [0.1, 0.15) is 6.42 Å². The van der Waals surface area contributed by atoms with Crippen molar-refractivity contribution < 1.29 is 19.4 Å². The van der Waals surface area contributed by atoms with Gasteiger partial charge in [-0.05, 0) is 12.2 Å². The second-order valence-electron chi connectivity index (χ2n) is 3.33. The Kier molecular flexibility index (Phi) is 4.90. The van der Waals surface area contributed by atoms with E-state index in [2.05, 4.69) is 10.1 Å². The predicted octanol–water partition coefficient (Wildman–Crippen LogP) is -0.610. The summed E-state index contributed by atoms with van der Waals surface area (Å²) in [5, 5.41) is 11.4. The molecule has 0 aromatic heterocycles. The van der Waals surface area contributed by atoms with E-state index in [0.29, 0.717) is 0 Å². The van der Waals surface area contributed by atoms with Crippen LogP contribution in [0.3, 0.4) is 0 Å². The first-order valence-corrected chi connectivity index (χ1v) is 5.91. The third-order valence-electron chi connectivity index (χ3n) is 2.29. The number of amides is 1. The second kappa shape index (κ2) is 5.97. The number of methoxy groups -OCH3 is 1. The number of thioether (sulfide) groups is 1. The largest absolute Gasteiger partial charge is 0.467 e. The minimum atomic E-state index is -0.937. The second-order valence-corrected chi connectivity index (χ2v) is 4.48. The smallest absolute Gasteiger partial charge is 0.330 e. The maximum Gasteiger partial charge on any atom is 0.330 e. The molecule has 2 unspecified atom stereocenters. The highest BCUT2D eigenvalue weighted by Gasteiger charge is 2.27. The number of hydrogen-bond acceptors (Lipinski definition) is 5. The summed E-state index contributed by atoms with van der Waals surface area (Å²) < 4.78 is 4.45. The van der Waals surface area contributed by atoms with E-state index in [1.807, 2.05) is 0 Å². The van der Waals surface area contributed by atoms with Gasteiger partial charge in [0.2, 0.25) is 5.91 Å². The SMILES string of the molecule is COC(=O)C(CO)NC(=O)C1CCSC1. The molecule has 0 aromatic carbocycles. The number of ether oxygens (including phenoxy) is 1. The van der Waals surface area contributed by atoms with Crippen molar-refractivity contribution in [3.05, 3.63) is 0 Å². The predicted molar refractivity (Wildman–Crippen MR) is 56.5 cm³/mol. The molecular formula is C9H15NO4S. The molecule has 1 aliphatic heterocycles. The van der Waals surface area contributed by atoms with Crippen molar-refractivity contribution in [3.63, 3.8) is 0 Å². The Hall–Kier alpha value is -0.750. The Morgan fingerprint density at radius 3 is 2.87 bits per heavy atom. The Bertz CT molecular complexity index is 240. The molecule has 0 aliphatic carbocycles. The summed E-state index contributed by atoms with van der Waals surface area (Å²) in [4.78, 5) is 22.7. The summed E-state index contributed by atoms with van der Waals surface area (Å²) in [6.07, 6.45) is 0.829. The zero-order valence-corrected chi connectivity index (χ0v) is 9.38. The van der Waals surface area contributed by atoms with E-state index in [-0.39, 0.29) is 11.8 Å². The molecule has 1 fully saturated rings. The summed E-state index contributed by atoms with van der Waals surface area (Å²) >= 11 is 1.72. The highest BCUT2D eigenvalue weighted by atomic mass is 32.2. The number of aliphatic hydroxyl groups excluding tert-OH is 1. The summed E-state index contributed by atoms with van der Waals surface area (Å²) in [5.74, 6) is 0.917. The van der Waals surface area contributed by atoms with Gasteiger partial charge in [0.25, 0.3) is 0 Å². The molecule has 2 atom stereocenters. The third kappa shape index (κ3) is 3.39. The van der Waals surface area contributed by atoms with Crippen molar-refractivity contribution in [3.8, 4) is 0 Å². The van der Waals surface area contributed by atoms with Gasteiger partial charge in [0.1, 0.15) is 0 Å². The molecule has 1 saturated heterocycles. The fraction of sp³-hybridized carbons (Fsp3) is 0.778. The number of esters is 1. The van der Waals surface area contributed by atoms with Gasteiger partial charge in [-0.15, -0.1) is 0 Å². The first-order chi connectivity index (χ1) is 7.19. The van der Waals surface area contributed by atoms with E-state index in [1.165, 1.54) is 7.11 Å². The minimum Gasteiger partial charge on any atom is -0.467 e. The lowest BCUT2D eigenvalue weighted by atomic mass is 10.1. The lowest BCUT2D eigenvalue weighted by Crippen LogP contribution is -2.46. The molecule has 0 aromatic rings. The van der Waals surface area contributed by atoms with E-state index in [9.17, 15) is 9.59 Å². The molecule has 6 heteroatoms. The van der Waals surface area contributed by atoms with Crippen LogP contribution >= 0.6 is 11.8 Å². The van der Waals surface area contributed by atoms with Gasteiger partial charge in [0, 0.05) is 11.7 Å². The summed E-state index contributed by atoms with van der Waals surface area (Å²) in [6.45, 7) is -0.432. The monoisotopic (exact) mass is 233 g/mol. The van der Waals surface area contributed by atoms with Gasteiger partial charge in [0.05, 0.1) is 13.7 Å². The molecule has 1 amide bonds. The van der Waals surface area contributed by atoms with E-state index in [1.54, 1.807) is 11.8 Å². The van der Waals surface area contributed by atoms with Gasteiger partial charge in [-0.2, -0.15) is 11.8 Å². The maximum atomic E-state index is 11.6. The van der Waals surface area contributed by atoms with Gasteiger partial charge in [-0.25, -0.2) is 4.79 Å². The summed E-state index contributed by atoms with van der Waals surface area (Å²) in [6, 6.07) is -0.937. The molecule has 5 nitrogen and oxygen atoms in total. The number of hydrogen-bond donors (Lipinski definition) is 2. The highest BCUT2D eigenvalue weighted by Crippen LogP contribution is 2.23. The lowest BCUT2D eigenvalue weighted by molar-refractivity contribution is -0.146. The summed E-state index contributed by atoms with van der Waals surface area (Å²) in [5.41, 5.74) is 0. The van der Waals surface area contributed by atoms with E-state index >= 15 is 0 Å². The fourth-order valence-electron chi connectivity index (χ4n) is 1.35. The van der Waals surface area contributed by atoms with Crippen LogP contribution in [0.2, 0.25) is 0 Å². The first-order valence-electron chi connectivity index (χ1n) is 4.75. The van der Waals surface area contributed by atoms with Crippen LogP contribution in [-0.4, -0.2) is 48.2 Å². The molecule has 0 saturated carbocycles. The van der Waals surface area contributed by atoms with Crippen molar-refractivity contribution in [1.82, 2.24) is 5.32 Å². The van der Waals surface area contributed by atoms with Gasteiger partial charge in [-0.3, -0.25) is 4.79 Å². The first kappa shape index (κ1) is 12.3. The highest BCUT2D eigenvalue weighted by molar-refractivity contribution is 7.99. The zero-order valence-electron chi connectivity index (χ0n) is 8.56. The number of carbonyl (C=O) groups is 2. The van der Waals surface area contributed by atoms with Gasteiger partial charge >= 0.3 is 5.97 Å². The van der Waals surface area contributed by atoms with Crippen LogP contribution in [0.4, 0.5) is 0 Å². The average Bonchev–Trinajstić information content (AvgIpc) is 2.77. The van der Waals surface area contributed by atoms with E-state index in [0.717, 1.165) is 17.9 Å². The normalized spacial score (nSPS) is 22.1. The Labute approximate surface area is 92.6 Å². The van der Waals surface area contributed by atoms with Gasteiger partial charge < -0.3 is 15.2 Å². The lowest BCUT2D eigenvalue weighted by Gasteiger charge is -2.16. The molecule has 1 rings (SSSR count). The van der Waals surface area contributed by atoms with Crippen LogP contribution in [0.15, 0.2) is 0 Å². The molecule has 1 heterocycles. The molecule has 86 valence electrons. The molecule has 1 aliphatic rings. The molecule has 0 radical (unpaired) electrons. The van der Waals surface area contributed by atoms with Crippen LogP contribution in [-0.2, 0) is 14.3 Å². The Balaban J connectivity index is 2.43. The van der Waals surface area contributed by atoms with Crippen LogP contribution in [0.5, 0.6) is 0 Å². The van der Waals surface area contributed by atoms with Crippen molar-refractivity contribution >= 4 is 23.6 Å². The summed E-state index contributed by atoms with van der Waals surface area (Å²) in [7, 11) is 1.22. The molecule has 15 heavy (non-hydrogen) atoms. The number of aliphatic hydroxyl groups is 1. The standard InChI is InChI=1S/C9H15NO4S/c1-14-9(13)7(4-11)10-8(12)6-2-3-15-5-6/h6-7,11H,2-5H2,1H3,(H,10,12). The number of rotatable bonds is 4. The van der Waals surface area contributed by atoms with Crippen molar-refractivity contribution in [2.24, 2.45) is 5.92 Å². The topological polar surface area (TPSA) is 75.6 Å². The fourth-order valence-corrected chi connectivity index (χ4v) is 2.57.